The molecule has 0 aliphatic rings. The van der Waals surface area contributed by atoms with E-state index in [0.717, 1.165) is 12.8 Å². The van der Waals surface area contributed by atoms with Crippen molar-refractivity contribution < 1.29 is 4.79 Å². The first kappa shape index (κ1) is 16.0. The van der Waals surface area contributed by atoms with Crippen LogP contribution < -0.4 is 5.32 Å². The summed E-state index contributed by atoms with van der Waals surface area (Å²) in [6, 6.07) is -0.0763. The summed E-state index contributed by atoms with van der Waals surface area (Å²) in [7, 11) is 0. The van der Waals surface area contributed by atoms with Gasteiger partial charge in [-0.3, -0.25) is 4.79 Å². The molecule has 0 heterocycles. The van der Waals surface area contributed by atoms with Gasteiger partial charge in [0.2, 0.25) is 5.91 Å². The number of hydrogen-bond acceptors (Lipinski definition) is 1. The van der Waals surface area contributed by atoms with E-state index in [9.17, 15) is 4.79 Å². The summed E-state index contributed by atoms with van der Waals surface area (Å²) >= 11 is 0. The summed E-state index contributed by atoms with van der Waals surface area (Å²) in [5.41, 5.74) is 0. The third-order valence-corrected chi connectivity index (χ3v) is 2.93. The lowest BCUT2D eigenvalue weighted by molar-refractivity contribution is -0.119. The minimum atomic E-state index is -0.0763. The van der Waals surface area contributed by atoms with Crippen LogP contribution in [-0.2, 0) is 4.79 Å². The quantitative estimate of drug-likeness (QED) is 0.456. The van der Waals surface area contributed by atoms with Gasteiger partial charge in [0.15, 0.2) is 0 Å². The third-order valence-electron chi connectivity index (χ3n) is 2.93. The number of hydrogen-bond donors (Lipinski definition) is 1. The molecular weight excluding hydrogens is 210 g/mol. The molecule has 0 fully saturated rings. The first-order chi connectivity index (χ1) is 8.20. The summed E-state index contributed by atoms with van der Waals surface area (Å²) in [6.07, 6.45) is 16.6. The molecule has 1 unspecified atom stereocenters. The molecule has 2 heteroatoms. The molecule has 0 rings (SSSR count). The maximum Gasteiger partial charge on any atom is 0.217 e. The Morgan fingerprint density at radius 3 is 2.12 bits per heavy atom. The van der Waals surface area contributed by atoms with E-state index >= 15 is 0 Å². The fourth-order valence-corrected chi connectivity index (χ4v) is 1.92. The van der Waals surface area contributed by atoms with Gasteiger partial charge in [-0.25, -0.2) is 0 Å². The van der Waals surface area contributed by atoms with Gasteiger partial charge in [0.05, 0.1) is 6.04 Å². The van der Waals surface area contributed by atoms with Gasteiger partial charge in [-0.1, -0.05) is 64.2 Å². The molecule has 0 aliphatic carbocycles. The molecule has 1 atom stereocenters. The van der Waals surface area contributed by atoms with Crippen LogP contribution in [0.15, 0.2) is 0 Å². The minimum Gasteiger partial charge on any atom is -0.343 e. The zero-order valence-corrected chi connectivity index (χ0v) is 11.4. The second kappa shape index (κ2) is 11.5. The maximum absolute atomic E-state index is 10.8. The van der Waals surface area contributed by atoms with Crippen LogP contribution in [0.2, 0.25) is 0 Å². The molecule has 0 aliphatic heterocycles. The monoisotopic (exact) mass is 237 g/mol. The van der Waals surface area contributed by atoms with Crippen LogP contribution in [0.4, 0.5) is 0 Å². The van der Waals surface area contributed by atoms with Crippen molar-refractivity contribution in [2.24, 2.45) is 0 Å². The first-order valence-electron chi connectivity index (χ1n) is 6.94. The molecule has 1 N–H and O–H groups in total. The standard InChI is InChI=1S/C15H27NO/c1-4-6-7-8-9-10-11-12-13-15(5-2)16-14(3)17/h2,15H,4,6-13H2,1,3H3,(H,16,17). The Kier molecular flexibility index (Phi) is 10.9. The molecule has 98 valence electrons. The van der Waals surface area contributed by atoms with Crippen LogP contribution in [-0.4, -0.2) is 11.9 Å². The fraction of sp³-hybridized carbons (Fsp3) is 0.800. The zero-order valence-electron chi connectivity index (χ0n) is 11.4. The Hall–Kier alpha value is -0.970. The summed E-state index contributed by atoms with van der Waals surface area (Å²) in [6.45, 7) is 3.75. The van der Waals surface area contributed by atoms with E-state index in [4.69, 9.17) is 6.42 Å². The number of carbonyl (C=O) groups is 1. The van der Waals surface area contributed by atoms with Crippen molar-refractivity contribution in [2.75, 3.05) is 0 Å². The average Bonchev–Trinajstić information content (AvgIpc) is 2.30. The second-order valence-electron chi connectivity index (χ2n) is 4.68. The largest absolute Gasteiger partial charge is 0.343 e. The Morgan fingerprint density at radius 1 is 1.12 bits per heavy atom. The molecule has 0 spiro atoms. The highest BCUT2D eigenvalue weighted by molar-refractivity contribution is 5.73. The van der Waals surface area contributed by atoms with Crippen LogP contribution in [0.3, 0.4) is 0 Å². The molecule has 0 radical (unpaired) electrons. The number of unbranched alkanes of at least 4 members (excludes halogenated alkanes) is 7. The second-order valence-corrected chi connectivity index (χ2v) is 4.68. The van der Waals surface area contributed by atoms with Crippen molar-refractivity contribution in [1.82, 2.24) is 5.32 Å². The lowest BCUT2D eigenvalue weighted by atomic mass is 10.0. The van der Waals surface area contributed by atoms with Crippen LogP contribution in [0.25, 0.3) is 0 Å². The van der Waals surface area contributed by atoms with E-state index in [1.807, 2.05) is 0 Å². The van der Waals surface area contributed by atoms with Crippen LogP contribution in [0.1, 0.15) is 71.6 Å². The summed E-state index contributed by atoms with van der Waals surface area (Å²) < 4.78 is 0. The molecule has 0 aromatic heterocycles. The fourth-order valence-electron chi connectivity index (χ4n) is 1.92. The van der Waals surface area contributed by atoms with Gasteiger partial charge in [-0.15, -0.1) is 6.42 Å². The Morgan fingerprint density at radius 2 is 1.65 bits per heavy atom. The summed E-state index contributed by atoms with van der Waals surface area (Å²) in [5, 5.41) is 2.77. The molecule has 1 amide bonds. The molecule has 17 heavy (non-hydrogen) atoms. The van der Waals surface area contributed by atoms with Crippen molar-refractivity contribution in [2.45, 2.75) is 77.7 Å². The van der Waals surface area contributed by atoms with E-state index in [1.165, 1.54) is 51.9 Å². The zero-order chi connectivity index (χ0) is 12.9. The first-order valence-corrected chi connectivity index (χ1v) is 6.94. The SMILES string of the molecule is C#CC(CCCCCCCCCC)NC(C)=O. The van der Waals surface area contributed by atoms with Crippen molar-refractivity contribution >= 4 is 5.91 Å². The molecule has 0 aromatic rings. The molecule has 0 saturated heterocycles. The van der Waals surface area contributed by atoms with Gasteiger partial charge < -0.3 is 5.32 Å². The van der Waals surface area contributed by atoms with Crippen LogP contribution in [0, 0.1) is 12.3 Å². The lowest BCUT2D eigenvalue weighted by Gasteiger charge is -2.10. The highest BCUT2D eigenvalue weighted by Crippen LogP contribution is 2.10. The van der Waals surface area contributed by atoms with Gasteiger partial charge in [-0.05, 0) is 6.42 Å². The number of rotatable bonds is 10. The summed E-state index contributed by atoms with van der Waals surface area (Å²) in [4.78, 5) is 10.8. The number of nitrogens with one attached hydrogen (secondary N) is 1. The number of carbonyl (C=O) groups excluding carboxylic acids is 1. The Balaban J connectivity index is 3.32. The molecule has 0 saturated carbocycles. The smallest absolute Gasteiger partial charge is 0.217 e. The number of amides is 1. The van der Waals surface area contributed by atoms with Crippen molar-refractivity contribution in [3.05, 3.63) is 0 Å². The minimum absolute atomic E-state index is 0.0347. The summed E-state index contributed by atoms with van der Waals surface area (Å²) in [5.74, 6) is 2.59. The van der Waals surface area contributed by atoms with Crippen molar-refractivity contribution in [3.63, 3.8) is 0 Å². The Bertz CT molecular complexity index is 230. The van der Waals surface area contributed by atoms with Crippen LogP contribution in [0.5, 0.6) is 0 Å². The molecule has 2 nitrogen and oxygen atoms in total. The molecule has 0 bridgehead atoms. The topological polar surface area (TPSA) is 29.1 Å². The van der Waals surface area contributed by atoms with Gasteiger partial charge in [0.25, 0.3) is 0 Å². The lowest BCUT2D eigenvalue weighted by Crippen LogP contribution is -2.31. The third kappa shape index (κ3) is 11.3. The molecular formula is C15H27NO. The molecule has 0 aromatic carbocycles. The predicted molar refractivity (Wildman–Crippen MR) is 73.7 cm³/mol. The van der Waals surface area contributed by atoms with Crippen molar-refractivity contribution in [3.8, 4) is 12.3 Å². The van der Waals surface area contributed by atoms with E-state index < -0.39 is 0 Å². The maximum atomic E-state index is 10.8. The van der Waals surface area contributed by atoms with E-state index in [-0.39, 0.29) is 11.9 Å². The van der Waals surface area contributed by atoms with Crippen molar-refractivity contribution in [1.29, 1.82) is 0 Å². The highest BCUT2D eigenvalue weighted by atomic mass is 16.1. The van der Waals surface area contributed by atoms with E-state index in [2.05, 4.69) is 18.2 Å². The van der Waals surface area contributed by atoms with Gasteiger partial charge in [-0.2, -0.15) is 0 Å². The van der Waals surface area contributed by atoms with Gasteiger partial charge in [0.1, 0.15) is 0 Å². The van der Waals surface area contributed by atoms with E-state index in [0.29, 0.717) is 0 Å². The van der Waals surface area contributed by atoms with Crippen LogP contribution >= 0.6 is 0 Å². The normalized spacial score (nSPS) is 11.8. The average molecular weight is 237 g/mol. The van der Waals surface area contributed by atoms with Gasteiger partial charge >= 0.3 is 0 Å². The predicted octanol–water partition coefficient (Wildman–Crippen LogP) is 3.66. The number of terminal acetylenes is 1. The van der Waals surface area contributed by atoms with E-state index in [1.54, 1.807) is 0 Å². The Labute approximate surface area is 107 Å². The highest BCUT2D eigenvalue weighted by Gasteiger charge is 2.04. The van der Waals surface area contributed by atoms with Gasteiger partial charge in [0, 0.05) is 6.92 Å².